The van der Waals surface area contributed by atoms with E-state index in [0.29, 0.717) is 27.7 Å². The van der Waals surface area contributed by atoms with Crippen molar-refractivity contribution in [3.63, 3.8) is 0 Å². The molecule has 4 rings (SSSR count). The van der Waals surface area contributed by atoms with Gasteiger partial charge in [0.25, 0.3) is 11.8 Å². The van der Waals surface area contributed by atoms with Crippen LogP contribution in [0.15, 0.2) is 66.7 Å². The number of nitrogens with zero attached hydrogens (tertiary/aromatic N) is 2. The number of aryl methyl sites for hydroxylation is 1. The van der Waals surface area contributed by atoms with Crippen molar-refractivity contribution in [1.29, 1.82) is 0 Å². The first-order valence-corrected chi connectivity index (χ1v) is 11.0. The van der Waals surface area contributed by atoms with Gasteiger partial charge in [-0.25, -0.2) is 9.07 Å². The number of carbonyl (C=O) groups is 2. The maximum atomic E-state index is 13.5. The van der Waals surface area contributed by atoms with E-state index in [2.05, 4.69) is 15.7 Å². The summed E-state index contributed by atoms with van der Waals surface area (Å²) in [5, 5.41) is 10.5. The molecular formula is C26H22ClFN4O3. The molecule has 0 aliphatic heterocycles. The lowest BCUT2D eigenvalue weighted by Gasteiger charge is -2.13. The Morgan fingerprint density at radius 1 is 0.943 bits per heavy atom. The first kappa shape index (κ1) is 24.0. The van der Waals surface area contributed by atoms with Crippen LogP contribution in [0.3, 0.4) is 0 Å². The van der Waals surface area contributed by atoms with Crippen molar-refractivity contribution in [3.8, 4) is 11.4 Å². The van der Waals surface area contributed by atoms with Gasteiger partial charge in [0, 0.05) is 16.8 Å². The Hall–Kier alpha value is -4.17. The number of ether oxygens (including phenoxy) is 1. The van der Waals surface area contributed by atoms with Crippen LogP contribution in [0.1, 0.15) is 32.1 Å². The molecule has 0 fully saturated rings. The number of nitrogens with one attached hydrogen (secondary N) is 2. The highest BCUT2D eigenvalue weighted by atomic mass is 35.5. The zero-order valence-corrected chi connectivity index (χ0v) is 20.0. The van der Waals surface area contributed by atoms with E-state index in [-0.39, 0.29) is 11.5 Å². The Balaban J connectivity index is 1.51. The van der Waals surface area contributed by atoms with Gasteiger partial charge in [-0.3, -0.25) is 9.59 Å². The summed E-state index contributed by atoms with van der Waals surface area (Å²) in [5.74, 6) is -0.972. The Kier molecular flexibility index (Phi) is 6.84. The Morgan fingerprint density at radius 3 is 2.29 bits per heavy atom. The third-order valence-corrected chi connectivity index (χ3v) is 5.92. The summed E-state index contributed by atoms with van der Waals surface area (Å²) in [6, 6.07) is 17.1. The quantitative estimate of drug-likeness (QED) is 0.356. The fraction of sp³-hybridized carbons (Fsp3) is 0.115. The lowest BCUT2D eigenvalue weighted by Crippen LogP contribution is -2.15. The first-order chi connectivity index (χ1) is 16.8. The fourth-order valence-electron chi connectivity index (χ4n) is 3.54. The van der Waals surface area contributed by atoms with Gasteiger partial charge >= 0.3 is 0 Å². The van der Waals surface area contributed by atoms with E-state index in [4.69, 9.17) is 16.3 Å². The lowest BCUT2D eigenvalue weighted by molar-refractivity contribution is 0.101. The minimum atomic E-state index is -0.516. The normalized spacial score (nSPS) is 10.7. The van der Waals surface area contributed by atoms with E-state index < -0.39 is 11.7 Å². The number of carbonyl (C=O) groups excluding carboxylic acids is 2. The molecule has 0 aliphatic carbocycles. The van der Waals surface area contributed by atoms with Crippen LogP contribution in [0.4, 0.5) is 15.8 Å². The van der Waals surface area contributed by atoms with Crippen LogP contribution in [0.5, 0.6) is 5.75 Å². The molecule has 0 unspecified atom stereocenters. The standard InChI is InChI=1S/C26H22ClFN4O3/c1-15-24(27)16(2)32(31-15)21-10-7-17(8-11-21)25(33)29-20-9-12-23(35-3)22(14-20)30-26(34)18-5-4-6-19(28)13-18/h4-14H,1-3H3,(H,29,33)(H,30,34). The second-order valence-electron chi connectivity index (χ2n) is 7.78. The molecule has 178 valence electrons. The summed E-state index contributed by atoms with van der Waals surface area (Å²) < 4.78 is 20.5. The van der Waals surface area contributed by atoms with Crippen molar-refractivity contribution in [2.45, 2.75) is 13.8 Å². The van der Waals surface area contributed by atoms with Gasteiger partial charge in [0.1, 0.15) is 11.6 Å². The molecule has 35 heavy (non-hydrogen) atoms. The zero-order valence-electron chi connectivity index (χ0n) is 19.2. The van der Waals surface area contributed by atoms with Crippen molar-refractivity contribution >= 4 is 34.8 Å². The minimum absolute atomic E-state index is 0.158. The van der Waals surface area contributed by atoms with Crippen molar-refractivity contribution in [2.75, 3.05) is 17.7 Å². The highest BCUT2D eigenvalue weighted by Crippen LogP contribution is 2.29. The number of methoxy groups -OCH3 is 1. The van der Waals surface area contributed by atoms with E-state index in [0.717, 1.165) is 23.1 Å². The molecule has 0 saturated heterocycles. The number of aromatic nitrogens is 2. The van der Waals surface area contributed by atoms with Gasteiger partial charge in [0.2, 0.25) is 0 Å². The van der Waals surface area contributed by atoms with E-state index in [1.807, 2.05) is 13.8 Å². The molecule has 0 saturated carbocycles. The summed E-state index contributed by atoms with van der Waals surface area (Å²) in [7, 11) is 1.46. The first-order valence-electron chi connectivity index (χ1n) is 10.7. The maximum Gasteiger partial charge on any atom is 0.255 e. The fourth-order valence-corrected chi connectivity index (χ4v) is 3.66. The third kappa shape index (κ3) is 5.17. The Morgan fingerprint density at radius 2 is 1.66 bits per heavy atom. The van der Waals surface area contributed by atoms with Gasteiger partial charge in [-0.2, -0.15) is 5.10 Å². The van der Waals surface area contributed by atoms with E-state index in [9.17, 15) is 14.0 Å². The molecule has 0 aliphatic rings. The molecule has 2 amide bonds. The van der Waals surface area contributed by atoms with Crippen LogP contribution in [-0.2, 0) is 0 Å². The molecule has 1 aromatic heterocycles. The van der Waals surface area contributed by atoms with Crippen LogP contribution in [0, 0.1) is 19.7 Å². The molecule has 3 aromatic carbocycles. The molecule has 0 radical (unpaired) electrons. The molecule has 0 spiro atoms. The maximum absolute atomic E-state index is 13.5. The molecule has 0 bridgehead atoms. The van der Waals surface area contributed by atoms with Crippen molar-refractivity contribution in [3.05, 3.63) is 100 Å². The molecule has 4 aromatic rings. The third-order valence-electron chi connectivity index (χ3n) is 5.37. The predicted octanol–water partition coefficient (Wildman–Crippen LogP) is 5.79. The van der Waals surface area contributed by atoms with Crippen molar-refractivity contribution < 1.29 is 18.7 Å². The largest absolute Gasteiger partial charge is 0.495 e. The van der Waals surface area contributed by atoms with Gasteiger partial charge in [-0.15, -0.1) is 0 Å². The summed E-state index contributed by atoms with van der Waals surface area (Å²) in [4.78, 5) is 25.4. The number of hydrogen-bond donors (Lipinski definition) is 2. The van der Waals surface area contributed by atoms with E-state index in [1.54, 1.807) is 47.1 Å². The molecule has 1 heterocycles. The van der Waals surface area contributed by atoms with Gasteiger partial charge in [-0.05, 0) is 74.5 Å². The lowest BCUT2D eigenvalue weighted by atomic mass is 10.1. The Bertz CT molecular complexity index is 1420. The Labute approximate surface area is 206 Å². The van der Waals surface area contributed by atoms with Gasteiger partial charge in [-0.1, -0.05) is 17.7 Å². The summed E-state index contributed by atoms with van der Waals surface area (Å²) in [6.45, 7) is 3.70. The van der Waals surface area contributed by atoms with Crippen LogP contribution < -0.4 is 15.4 Å². The molecule has 0 atom stereocenters. The molecular weight excluding hydrogens is 471 g/mol. The van der Waals surface area contributed by atoms with Gasteiger partial charge < -0.3 is 15.4 Å². The number of amides is 2. The topological polar surface area (TPSA) is 85.2 Å². The molecule has 2 N–H and O–H groups in total. The average Bonchev–Trinajstić information content (AvgIpc) is 3.11. The highest BCUT2D eigenvalue weighted by Gasteiger charge is 2.14. The summed E-state index contributed by atoms with van der Waals surface area (Å²) in [6.07, 6.45) is 0. The number of halogens is 2. The number of hydrogen-bond acceptors (Lipinski definition) is 4. The minimum Gasteiger partial charge on any atom is -0.495 e. The van der Waals surface area contributed by atoms with Crippen LogP contribution in [-0.4, -0.2) is 28.7 Å². The van der Waals surface area contributed by atoms with Crippen molar-refractivity contribution in [1.82, 2.24) is 9.78 Å². The van der Waals surface area contributed by atoms with Gasteiger partial charge in [0.15, 0.2) is 0 Å². The van der Waals surface area contributed by atoms with Gasteiger partial charge in [0.05, 0.1) is 34.9 Å². The zero-order chi connectivity index (χ0) is 25.1. The van der Waals surface area contributed by atoms with Crippen LogP contribution in [0.2, 0.25) is 5.02 Å². The van der Waals surface area contributed by atoms with Crippen molar-refractivity contribution in [2.24, 2.45) is 0 Å². The predicted molar refractivity (Wildman–Crippen MR) is 133 cm³/mol. The smallest absolute Gasteiger partial charge is 0.255 e. The SMILES string of the molecule is COc1ccc(NC(=O)c2ccc(-n3nc(C)c(Cl)c3C)cc2)cc1NC(=O)c1cccc(F)c1. The number of rotatable bonds is 6. The number of anilines is 2. The highest BCUT2D eigenvalue weighted by molar-refractivity contribution is 6.31. The number of benzene rings is 3. The summed E-state index contributed by atoms with van der Waals surface area (Å²) >= 11 is 6.23. The van der Waals surface area contributed by atoms with E-state index in [1.165, 1.54) is 25.3 Å². The van der Waals surface area contributed by atoms with Crippen LogP contribution >= 0.6 is 11.6 Å². The van der Waals surface area contributed by atoms with E-state index >= 15 is 0 Å². The molecule has 7 nitrogen and oxygen atoms in total. The summed E-state index contributed by atoms with van der Waals surface area (Å²) in [5.41, 5.74) is 3.68. The second kappa shape index (κ2) is 9.99. The monoisotopic (exact) mass is 492 g/mol. The average molecular weight is 493 g/mol. The van der Waals surface area contributed by atoms with Crippen LogP contribution in [0.25, 0.3) is 5.69 Å². The molecule has 9 heteroatoms. The second-order valence-corrected chi connectivity index (χ2v) is 8.16.